The Morgan fingerprint density at radius 1 is 1.06 bits per heavy atom. The number of hydrogen-bond donors (Lipinski definition) is 4. The van der Waals surface area contributed by atoms with Crippen molar-refractivity contribution in [3.63, 3.8) is 0 Å². The summed E-state index contributed by atoms with van der Waals surface area (Å²) in [6.07, 6.45) is 7.84. The zero-order valence-corrected chi connectivity index (χ0v) is 19.0. The van der Waals surface area contributed by atoms with Crippen LogP contribution in [0.1, 0.15) is 72.6 Å². The molecule has 0 aromatic carbocycles. The van der Waals surface area contributed by atoms with Crippen LogP contribution in [0.15, 0.2) is 12.2 Å². The fraction of sp³-hybridized carbons (Fsp3) is 0.682. The number of nitrogens with two attached hydrogens (primary N) is 1. The number of Topliss-reactive ketones (excluding diaryl/α,β-unsaturated/α-hetero) is 1. The van der Waals surface area contributed by atoms with E-state index in [2.05, 4.69) is 16.0 Å². The van der Waals surface area contributed by atoms with Crippen LogP contribution in [0.2, 0.25) is 0 Å². The van der Waals surface area contributed by atoms with Crippen LogP contribution in [0.25, 0.3) is 0 Å². The van der Waals surface area contributed by atoms with Gasteiger partial charge in [-0.25, -0.2) is 0 Å². The van der Waals surface area contributed by atoms with E-state index >= 15 is 0 Å². The molecule has 174 valence electrons. The van der Waals surface area contributed by atoms with Gasteiger partial charge in [0.25, 0.3) is 0 Å². The highest BCUT2D eigenvalue weighted by Gasteiger charge is 2.33. The Bertz CT molecular complexity index is 731. The Labute approximate surface area is 184 Å². The summed E-state index contributed by atoms with van der Waals surface area (Å²) in [5.41, 5.74) is 3.46. The van der Waals surface area contributed by atoms with Crippen LogP contribution in [0.3, 0.4) is 0 Å². The molecule has 5 N–H and O–H groups in total. The van der Waals surface area contributed by atoms with Gasteiger partial charge in [-0.05, 0) is 52.4 Å². The first kappa shape index (κ1) is 26.3. The summed E-state index contributed by atoms with van der Waals surface area (Å²) in [5.74, 6) is -2.52. The largest absolute Gasteiger partial charge is 0.370 e. The van der Waals surface area contributed by atoms with Crippen molar-refractivity contribution in [2.24, 2.45) is 11.1 Å². The second-order valence-corrected chi connectivity index (χ2v) is 8.99. The van der Waals surface area contributed by atoms with Gasteiger partial charge in [0, 0.05) is 5.41 Å². The molecule has 0 aromatic heterocycles. The molecule has 31 heavy (non-hydrogen) atoms. The Morgan fingerprint density at radius 2 is 1.65 bits per heavy atom. The highest BCUT2D eigenvalue weighted by Crippen LogP contribution is 2.24. The van der Waals surface area contributed by atoms with Crippen molar-refractivity contribution in [3.05, 3.63) is 12.2 Å². The summed E-state index contributed by atoms with van der Waals surface area (Å²) in [5, 5.41) is 7.70. The highest BCUT2D eigenvalue weighted by atomic mass is 16.2. The van der Waals surface area contributed by atoms with Crippen molar-refractivity contribution in [1.82, 2.24) is 16.0 Å². The van der Waals surface area contributed by atoms with Crippen LogP contribution in [0.5, 0.6) is 0 Å². The van der Waals surface area contributed by atoms with E-state index in [-0.39, 0.29) is 18.1 Å². The molecule has 0 spiro atoms. The maximum Gasteiger partial charge on any atom is 0.243 e. The number of carbonyl (C=O) groups excluding carboxylic acids is 5. The second kappa shape index (κ2) is 11.6. The van der Waals surface area contributed by atoms with E-state index in [9.17, 15) is 24.0 Å². The van der Waals surface area contributed by atoms with Crippen LogP contribution in [-0.4, -0.2) is 47.5 Å². The standard InChI is InChI=1S/C22H36N4O5/c1-15(27)22(4)12-10-8-6-5-7-9-11-21(2,3)20(31)25-16(13-17(23)28)19(30)24-14-18(29)26-22/h5-6,16H,7-14H2,1-4H3,(H2,23,28)(H,24,30)(H,25,31)(H,26,29)/b6-5+/t16?,22-/m1/s1. The quantitative estimate of drug-likeness (QED) is 0.485. The Hall–Kier alpha value is -2.71. The van der Waals surface area contributed by atoms with Gasteiger partial charge in [0.05, 0.1) is 18.5 Å². The minimum absolute atomic E-state index is 0.174. The summed E-state index contributed by atoms with van der Waals surface area (Å²) in [6, 6.07) is -1.19. The highest BCUT2D eigenvalue weighted by molar-refractivity contribution is 5.96. The number of nitrogens with one attached hydrogen (secondary N) is 3. The zero-order valence-electron chi connectivity index (χ0n) is 19.0. The molecule has 0 aliphatic carbocycles. The lowest BCUT2D eigenvalue weighted by molar-refractivity contribution is -0.136. The van der Waals surface area contributed by atoms with E-state index in [0.29, 0.717) is 19.3 Å². The number of carbonyl (C=O) groups is 5. The summed E-state index contributed by atoms with van der Waals surface area (Å²) in [6.45, 7) is 6.24. The number of amides is 4. The predicted octanol–water partition coefficient (Wildman–Crippen LogP) is 0.863. The van der Waals surface area contributed by atoms with Crippen molar-refractivity contribution in [2.75, 3.05) is 6.54 Å². The number of rotatable bonds is 3. The van der Waals surface area contributed by atoms with E-state index in [0.717, 1.165) is 19.3 Å². The Morgan fingerprint density at radius 3 is 2.19 bits per heavy atom. The molecule has 2 atom stereocenters. The van der Waals surface area contributed by atoms with Crippen molar-refractivity contribution in [3.8, 4) is 0 Å². The van der Waals surface area contributed by atoms with Gasteiger partial charge in [-0.15, -0.1) is 0 Å². The third kappa shape index (κ3) is 8.90. The molecule has 4 amide bonds. The lowest BCUT2D eigenvalue weighted by atomic mass is 9.85. The zero-order chi connectivity index (χ0) is 23.7. The second-order valence-electron chi connectivity index (χ2n) is 8.99. The van der Waals surface area contributed by atoms with Crippen LogP contribution in [0, 0.1) is 5.41 Å². The fourth-order valence-electron chi connectivity index (χ4n) is 3.32. The minimum atomic E-state index is -1.19. The lowest BCUT2D eigenvalue weighted by Gasteiger charge is -2.29. The SMILES string of the molecule is CC(=O)[C@@]1(C)CCC/C=C/CCCC(C)(C)C(=O)NC(CC(N)=O)C(=O)NCC(=O)N1. The topological polar surface area (TPSA) is 147 Å². The monoisotopic (exact) mass is 436 g/mol. The van der Waals surface area contributed by atoms with E-state index in [1.54, 1.807) is 20.8 Å². The number of primary amides is 1. The molecule has 0 saturated heterocycles. The van der Waals surface area contributed by atoms with Crippen LogP contribution in [-0.2, 0) is 24.0 Å². The van der Waals surface area contributed by atoms with Crippen molar-refractivity contribution in [1.29, 1.82) is 0 Å². The van der Waals surface area contributed by atoms with Gasteiger partial charge in [0.15, 0.2) is 5.78 Å². The van der Waals surface area contributed by atoms with Crippen LogP contribution < -0.4 is 21.7 Å². The average Bonchev–Trinajstić information content (AvgIpc) is 2.66. The predicted molar refractivity (Wildman–Crippen MR) is 117 cm³/mol. The fourth-order valence-corrected chi connectivity index (χ4v) is 3.32. The van der Waals surface area contributed by atoms with Gasteiger partial charge < -0.3 is 21.7 Å². The van der Waals surface area contributed by atoms with Crippen molar-refractivity contribution >= 4 is 29.4 Å². The first-order valence-electron chi connectivity index (χ1n) is 10.7. The van der Waals surface area contributed by atoms with Gasteiger partial charge >= 0.3 is 0 Å². The van der Waals surface area contributed by atoms with Crippen molar-refractivity contribution in [2.45, 2.75) is 84.2 Å². The lowest BCUT2D eigenvalue weighted by Crippen LogP contribution is -2.56. The molecular formula is C22H36N4O5. The smallest absolute Gasteiger partial charge is 0.243 e. The van der Waals surface area contributed by atoms with Crippen LogP contribution in [0.4, 0.5) is 0 Å². The molecule has 9 nitrogen and oxygen atoms in total. The van der Waals surface area contributed by atoms with Gasteiger partial charge in [-0.2, -0.15) is 0 Å². The summed E-state index contributed by atoms with van der Waals surface area (Å²) in [7, 11) is 0. The molecule has 1 aliphatic rings. The van der Waals surface area contributed by atoms with Crippen LogP contribution >= 0.6 is 0 Å². The van der Waals surface area contributed by atoms with Crippen molar-refractivity contribution < 1.29 is 24.0 Å². The molecule has 0 aromatic rings. The Kier molecular flexibility index (Phi) is 9.87. The minimum Gasteiger partial charge on any atom is -0.370 e. The Balaban J connectivity index is 3.04. The van der Waals surface area contributed by atoms with E-state index < -0.39 is 41.3 Å². The summed E-state index contributed by atoms with van der Waals surface area (Å²) >= 11 is 0. The van der Waals surface area contributed by atoms with E-state index in [1.165, 1.54) is 6.92 Å². The number of ketones is 1. The van der Waals surface area contributed by atoms with Gasteiger partial charge in [0.1, 0.15) is 6.04 Å². The molecule has 0 radical (unpaired) electrons. The maximum atomic E-state index is 12.7. The van der Waals surface area contributed by atoms with Gasteiger partial charge in [-0.1, -0.05) is 26.0 Å². The molecule has 0 saturated carbocycles. The average molecular weight is 437 g/mol. The third-order valence-electron chi connectivity index (χ3n) is 5.64. The molecule has 1 rings (SSSR count). The molecule has 9 heteroatoms. The number of hydrogen-bond acceptors (Lipinski definition) is 5. The van der Waals surface area contributed by atoms with E-state index in [4.69, 9.17) is 5.73 Å². The molecule has 1 heterocycles. The molecule has 1 aliphatic heterocycles. The van der Waals surface area contributed by atoms with Gasteiger partial charge in [-0.3, -0.25) is 24.0 Å². The molecule has 0 fully saturated rings. The first-order chi connectivity index (χ1) is 14.4. The summed E-state index contributed by atoms with van der Waals surface area (Å²) < 4.78 is 0. The first-order valence-corrected chi connectivity index (χ1v) is 10.7. The number of allylic oxidation sites excluding steroid dienone is 2. The van der Waals surface area contributed by atoms with Gasteiger partial charge in [0.2, 0.25) is 23.6 Å². The maximum absolute atomic E-state index is 12.7. The third-order valence-corrected chi connectivity index (χ3v) is 5.64. The molecular weight excluding hydrogens is 400 g/mol. The molecule has 0 bridgehead atoms. The summed E-state index contributed by atoms with van der Waals surface area (Å²) in [4.78, 5) is 61.1. The normalized spacial score (nSPS) is 27.6. The van der Waals surface area contributed by atoms with E-state index in [1.807, 2.05) is 12.2 Å². The molecule has 1 unspecified atom stereocenters.